The quantitative estimate of drug-likeness (QED) is 0.543. The van der Waals surface area contributed by atoms with Gasteiger partial charge in [0.2, 0.25) is 0 Å². The van der Waals surface area contributed by atoms with Crippen molar-refractivity contribution in [2.24, 2.45) is 0 Å². The first kappa shape index (κ1) is 19.0. The van der Waals surface area contributed by atoms with Crippen LogP contribution in [0.1, 0.15) is 0 Å². The number of carbonyl (C=O) groups excluding carboxylic acids is 2. The fourth-order valence-electron chi connectivity index (χ4n) is 2.58. The second-order valence-electron chi connectivity index (χ2n) is 6.05. The van der Waals surface area contributed by atoms with Crippen molar-refractivity contribution in [2.75, 3.05) is 23.8 Å². The maximum atomic E-state index is 12.1. The summed E-state index contributed by atoms with van der Waals surface area (Å²) in [5.41, 5.74) is 1.23. The third kappa shape index (κ3) is 5.35. The van der Waals surface area contributed by atoms with Crippen molar-refractivity contribution in [1.82, 2.24) is 5.32 Å². The van der Waals surface area contributed by atoms with Crippen molar-refractivity contribution in [3.63, 3.8) is 0 Å². The molecule has 0 heterocycles. The molecule has 0 unspecified atom stereocenters. The summed E-state index contributed by atoms with van der Waals surface area (Å²) in [7, 11) is 0. The van der Waals surface area contributed by atoms with Gasteiger partial charge >= 0.3 is 6.03 Å². The molecule has 3 aromatic rings. The van der Waals surface area contributed by atoms with Gasteiger partial charge in [-0.05, 0) is 47.2 Å². The number of benzene rings is 3. The van der Waals surface area contributed by atoms with Gasteiger partial charge in [0.25, 0.3) is 5.91 Å². The van der Waals surface area contributed by atoms with Crippen molar-refractivity contribution >= 4 is 34.1 Å². The molecule has 0 aliphatic carbocycles. The number of fused-ring (bicyclic) bond motifs is 1. The molecule has 0 atom stereocenters. The summed E-state index contributed by atoms with van der Waals surface area (Å²) < 4.78 is 5.58. The molecule has 0 radical (unpaired) electrons. The third-order valence-electron chi connectivity index (χ3n) is 3.92. The molecule has 6 nitrogen and oxygen atoms in total. The fourth-order valence-corrected chi connectivity index (χ4v) is 2.58. The molecule has 3 rings (SSSR count). The molecule has 0 saturated carbocycles. The second-order valence-corrected chi connectivity index (χ2v) is 6.05. The topological polar surface area (TPSA) is 79.5 Å². The second kappa shape index (κ2) is 9.23. The monoisotopic (exact) mass is 375 g/mol. The van der Waals surface area contributed by atoms with Gasteiger partial charge in [0.15, 0.2) is 6.61 Å². The number of hydrogen-bond donors (Lipinski definition) is 3. The summed E-state index contributed by atoms with van der Waals surface area (Å²) in [4.78, 5) is 23.7. The van der Waals surface area contributed by atoms with Gasteiger partial charge in [-0.15, -0.1) is 6.58 Å². The van der Waals surface area contributed by atoms with E-state index in [0.717, 1.165) is 10.8 Å². The van der Waals surface area contributed by atoms with Crippen molar-refractivity contribution < 1.29 is 14.3 Å². The largest absolute Gasteiger partial charge is 0.484 e. The molecule has 28 heavy (non-hydrogen) atoms. The summed E-state index contributed by atoms with van der Waals surface area (Å²) in [6.45, 7) is 3.82. The van der Waals surface area contributed by atoms with E-state index < -0.39 is 0 Å². The molecule has 3 N–H and O–H groups in total. The van der Waals surface area contributed by atoms with Gasteiger partial charge in [0, 0.05) is 17.9 Å². The molecule has 142 valence electrons. The Bertz CT molecular complexity index is 984. The molecule has 3 aromatic carbocycles. The van der Waals surface area contributed by atoms with Gasteiger partial charge in [0.1, 0.15) is 5.75 Å². The van der Waals surface area contributed by atoms with Gasteiger partial charge < -0.3 is 20.7 Å². The molecule has 6 heteroatoms. The Balaban J connectivity index is 1.50. The van der Waals surface area contributed by atoms with E-state index in [-0.39, 0.29) is 18.5 Å². The Labute approximate surface area is 163 Å². The van der Waals surface area contributed by atoms with Crippen LogP contribution in [0.15, 0.2) is 79.4 Å². The van der Waals surface area contributed by atoms with E-state index in [1.165, 1.54) is 0 Å². The average molecular weight is 375 g/mol. The van der Waals surface area contributed by atoms with E-state index in [0.29, 0.717) is 23.7 Å². The van der Waals surface area contributed by atoms with Gasteiger partial charge in [-0.3, -0.25) is 4.79 Å². The predicted molar refractivity (Wildman–Crippen MR) is 112 cm³/mol. The lowest BCUT2D eigenvalue weighted by Gasteiger charge is -2.10. The Morgan fingerprint density at radius 2 is 1.57 bits per heavy atom. The Morgan fingerprint density at radius 1 is 0.893 bits per heavy atom. The highest BCUT2D eigenvalue weighted by Crippen LogP contribution is 2.20. The minimum atomic E-state index is -0.319. The van der Waals surface area contributed by atoms with Crippen LogP contribution in [0.4, 0.5) is 16.2 Å². The lowest BCUT2D eigenvalue weighted by Crippen LogP contribution is -2.28. The summed E-state index contributed by atoms with van der Waals surface area (Å²) in [5, 5.41) is 10.2. The molecule has 3 amide bonds. The number of ether oxygens (including phenoxy) is 1. The average Bonchev–Trinajstić information content (AvgIpc) is 2.72. The Morgan fingerprint density at radius 3 is 2.29 bits per heavy atom. The molecule has 0 fully saturated rings. The number of carbonyl (C=O) groups is 2. The van der Waals surface area contributed by atoms with Gasteiger partial charge in [0.05, 0.1) is 0 Å². The number of hydrogen-bond acceptors (Lipinski definition) is 3. The Kier molecular flexibility index (Phi) is 6.25. The van der Waals surface area contributed by atoms with Crippen LogP contribution in [0, 0.1) is 0 Å². The number of nitrogens with one attached hydrogen (secondary N) is 3. The normalized spacial score (nSPS) is 10.1. The van der Waals surface area contributed by atoms with E-state index in [1.54, 1.807) is 30.3 Å². The summed E-state index contributed by atoms with van der Waals surface area (Å²) in [6, 6.07) is 20.1. The number of anilines is 2. The van der Waals surface area contributed by atoms with Crippen LogP contribution in [0.5, 0.6) is 5.75 Å². The van der Waals surface area contributed by atoms with Crippen molar-refractivity contribution in [3.8, 4) is 5.75 Å². The van der Waals surface area contributed by atoms with E-state index in [9.17, 15) is 9.59 Å². The first-order valence-corrected chi connectivity index (χ1v) is 8.81. The number of urea groups is 1. The lowest BCUT2D eigenvalue weighted by atomic mass is 10.1. The molecule has 0 aliphatic rings. The predicted octanol–water partition coefficient (Wildman–Crippen LogP) is 4.16. The number of amides is 3. The van der Waals surface area contributed by atoms with Crippen molar-refractivity contribution in [2.45, 2.75) is 0 Å². The molecule has 0 spiro atoms. The minimum absolute atomic E-state index is 0.0949. The summed E-state index contributed by atoms with van der Waals surface area (Å²) >= 11 is 0. The fraction of sp³-hybridized carbons (Fsp3) is 0.0909. The highest BCUT2D eigenvalue weighted by atomic mass is 16.5. The molecule has 0 saturated heterocycles. The highest BCUT2D eigenvalue weighted by molar-refractivity contribution is 5.93. The molecular weight excluding hydrogens is 354 g/mol. The SMILES string of the molecule is C=CCNC(=O)Nc1ccc(NC(=O)COc2ccc3ccccc3c2)cc1. The zero-order valence-corrected chi connectivity index (χ0v) is 15.3. The lowest BCUT2D eigenvalue weighted by molar-refractivity contribution is -0.118. The van der Waals surface area contributed by atoms with Gasteiger partial charge in [-0.1, -0.05) is 36.4 Å². The van der Waals surface area contributed by atoms with Crippen LogP contribution >= 0.6 is 0 Å². The van der Waals surface area contributed by atoms with Crippen LogP contribution in [0.3, 0.4) is 0 Å². The van der Waals surface area contributed by atoms with Gasteiger partial charge in [-0.25, -0.2) is 4.79 Å². The smallest absolute Gasteiger partial charge is 0.319 e. The van der Waals surface area contributed by atoms with Gasteiger partial charge in [-0.2, -0.15) is 0 Å². The minimum Gasteiger partial charge on any atom is -0.484 e. The van der Waals surface area contributed by atoms with Crippen molar-refractivity contribution in [3.05, 3.63) is 79.4 Å². The van der Waals surface area contributed by atoms with Crippen LogP contribution in [-0.2, 0) is 4.79 Å². The maximum absolute atomic E-state index is 12.1. The van der Waals surface area contributed by atoms with Crippen LogP contribution in [0.25, 0.3) is 10.8 Å². The summed E-state index contributed by atoms with van der Waals surface area (Å²) in [6.07, 6.45) is 1.60. The zero-order chi connectivity index (χ0) is 19.8. The standard InChI is InChI=1S/C22H21N3O3/c1-2-13-23-22(27)25-19-10-8-18(9-11-19)24-21(26)15-28-20-12-7-16-5-3-4-6-17(16)14-20/h2-12,14H,1,13,15H2,(H,24,26)(H2,23,25,27). The van der Waals surface area contributed by atoms with Crippen LogP contribution in [0.2, 0.25) is 0 Å². The maximum Gasteiger partial charge on any atom is 0.319 e. The third-order valence-corrected chi connectivity index (χ3v) is 3.92. The van der Waals surface area contributed by atoms with E-state index in [4.69, 9.17) is 4.74 Å². The molecule has 0 aromatic heterocycles. The van der Waals surface area contributed by atoms with Crippen LogP contribution in [-0.4, -0.2) is 25.1 Å². The highest BCUT2D eigenvalue weighted by Gasteiger charge is 2.05. The molecular formula is C22H21N3O3. The van der Waals surface area contributed by atoms with Crippen molar-refractivity contribution in [1.29, 1.82) is 0 Å². The van der Waals surface area contributed by atoms with E-state index >= 15 is 0 Å². The van der Waals surface area contributed by atoms with Crippen LogP contribution < -0.4 is 20.7 Å². The molecule has 0 bridgehead atoms. The summed E-state index contributed by atoms with van der Waals surface area (Å²) in [5.74, 6) is 0.372. The van der Waals surface area contributed by atoms with E-state index in [1.807, 2.05) is 42.5 Å². The Hall–Kier alpha value is -3.80. The molecule has 0 aliphatic heterocycles. The number of rotatable bonds is 7. The van der Waals surface area contributed by atoms with E-state index in [2.05, 4.69) is 22.5 Å². The zero-order valence-electron chi connectivity index (χ0n) is 15.3. The first-order chi connectivity index (χ1) is 13.6. The first-order valence-electron chi connectivity index (χ1n) is 8.81.